The summed E-state index contributed by atoms with van der Waals surface area (Å²) in [5.41, 5.74) is 7.61. The first kappa shape index (κ1) is 33.0. The van der Waals surface area contributed by atoms with E-state index in [0.29, 0.717) is 21.3 Å². The fourth-order valence-corrected chi connectivity index (χ4v) is 8.37. The molecule has 3 N–H and O–H groups in total. The summed E-state index contributed by atoms with van der Waals surface area (Å²) in [5, 5.41) is 6.59. The van der Waals surface area contributed by atoms with Gasteiger partial charge in [-0.2, -0.15) is 13.1 Å². The smallest absolute Gasteiger partial charge is 0.421 e. The number of nitrogens with one attached hydrogen (secondary N) is 1. The second-order valence-corrected chi connectivity index (χ2v) is 14.9. The number of thiazole rings is 1. The van der Waals surface area contributed by atoms with E-state index in [-0.39, 0.29) is 33.5 Å². The molecule has 1 atom stereocenters. The van der Waals surface area contributed by atoms with E-state index in [9.17, 15) is 26.4 Å². The third-order valence-electron chi connectivity index (χ3n) is 6.44. The van der Waals surface area contributed by atoms with Crippen LogP contribution in [0.3, 0.4) is 0 Å². The van der Waals surface area contributed by atoms with Crippen molar-refractivity contribution in [2.24, 2.45) is 5.73 Å². The average molecular weight is 705 g/mol. The lowest BCUT2D eigenvalue weighted by molar-refractivity contribution is 0.0827. The molecule has 2 amide bonds. The van der Waals surface area contributed by atoms with Crippen LogP contribution in [0.5, 0.6) is 0 Å². The molecule has 46 heavy (non-hydrogen) atoms. The largest absolute Gasteiger partial charge is 0.422 e. The van der Waals surface area contributed by atoms with Gasteiger partial charge >= 0.3 is 16.4 Å². The predicted molar refractivity (Wildman–Crippen MR) is 170 cm³/mol. The number of nitrogens with two attached hydrogens (primary N) is 1. The highest BCUT2D eigenvalue weighted by molar-refractivity contribution is 7.91. The second-order valence-electron chi connectivity index (χ2n) is 10.0. The van der Waals surface area contributed by atoms with Gasteiger partial charge in [-0.05, 0) is 41.0 Å². The van der Waals surface area contributed by atoms with E-state index in [4.69, 9.17) is 21.8 Å². The molecule has 18 heteroatoms. The number of hydrogen-bond donors (Lipinski definition) is 2. The van der Waals surface area contributed by atoms with Crippen LogP contribution < -0.4 is 10.5 Å². The van der Waals surface area contributed by atoms with Crippen LogP contribution in [0, 0.1) is 0 Å². The Morgan fingerprint density at radius 3 is 2.39 bits per heavy atom. The number of halogens is 1. The molecule has 0 fully saturated rings. The summed E-state index contributed by atoms with van der Waals surface area (Å²) < 4.78 is 63.5. The van der Waals surface area contributed by atoms with Crippen molar-refractivity contribution in [1.29, 1.82) is 0 Å². The molecule has 0 bridgehead atoms. The van der Waals surface area contributed by atoms with Gasteiger partial charge in [-0.25, -0.2) is 18.2 Å². The molecular formula is C28H25ClN6O8S3. The topological polar surface area (TPSA) is 205 Å². The SMILES string of the molecule is CN(C)C(=O)c1ccc(-c2ccc3nc(C(c4nnc(CNS(=O)(=O)OC(N)=O)o4)S(=O)(=O)Cc4ccccc4)sc3c2)cc1Cl. The minimum atomic E-state index is -4.58. The van der Waals surface area contributed by atoms with Crippen LogP contribution in [-0.2, 0) is 36.6 Å². The molecule has 3 aromatic carbocycles. The lowest BCUT2D eigenvalue weighted by Gasteiger charge is -2.12. The van der Waals surface area contributed by atoms with Crippen LogP contribution in [0.2, 0.25) is 5.02 Å². The van der Waals surface area contributed by atoms with Crippen LogP contribution in [0.15, 0.2) is 71.1 Å². The van der Waals surface area contributed by atoms with Crippen molar-refractivity contribution >= 4 is 65.3 Å². The number of hydrogen-bond acceptors (Lipinski definition) is 12. The molecule has 0 aliphatic heterocycles. The maximum atomic E-state index is 13.9. The summed E-state index contributed by atoms with van der Waals surface area (Å²) in [6.07, 6.45) is -1.55. The van der Waals surface area contributed by atoms with Gasteiger partial charge in [0.1, 0.15) is 5.01 Å². The summed E-state index contributed by atoms with van der Waals surface area (Å²) in [7, 11) is -5.40. The van der Waals surface area contributed by atoms with Crippen LogP contribution in [0.4, 0.5) is 4.79 Å². The number of sulfone groups is 1. The molecule has 2 heterocycles. The number of carbonyl (C=O) groups excluding carboxylic acids is 2. The van der Waals surface area contributed by atoms with Crippen molar-refractivity contribution in [3.8, 4) is 11.1 Å². The van der Waals surface area contributed by atoms with Crippen molar-refractivity contribution < 1.29 is 35.0 Å². The molecule has 0 saturated carbocycles. The number of carbonyl (C=O) groups is 2. The van der Waals surface area contributed by atoms with Crippen LogP contribution in [0.25, 0.3) is 21.3 Å². The maximum absolute atomic E-state index is 13.9. The predicted octanol–water partition coefficient (Wildman–Crippen LogP) is 3.84. The number of primary amides is 1. The summed E-state index contributed by atoms with van der Waals surface area (Å²) in [6.45, 7) is -0.612. The minimum absolute atomic E-state index is 0.140. The van der Waals surface area contributed by atoms with Crippen molar-refractivity contribution in [2.45, 2.75) is 17.5 Å². The van der Waals surface area contributed by atoms with E-state index in [0.717, 1.165) is 22.5 Å². The first-order valence-corrected chi connectivity index (χ1v) is 17.5. The molecule has 0 aliphatic carbocycles. The number of rotatable bonds is 11. The van der Waals surface area contributed by atoms with Crippen LogP contribution in [-0.4, -0.2) is 63.0 Å². The third-order valence-corrected chi connectivity index (χ3v) is 10.7. The fraction of sp³-hybridized carbons (Fsp3) is 0.179. The van der Waals surface area contributed by atoms with Gasteiger partial charge in [-0.1, -0.05) is 54.1 Å². The van der Waals surface area contributed by atoms with Crippen LogP contribution in [0.1, 0.15) is 38.0 Å². The van der Waals surface area contributed by atoms with Gasteiger partial charge < -0.3 is 19.2 Å². The molecule has 0 radical (unpaired) electrons. The number of benzene rings is 3. The van der Waals surface area contributed by atoms with E-state index in [2.05, 4.69) is 19.4 Å². The van der Waals surface area contributed by atoms with Gasteiger partial charge in [0.05, 0.1) is 33.1 Å². The maximum Gasteiger partial charge on any atom is 0.421 e. The van der Waals surface area contributed by atoms with Gasteiger partial charge in [0.25, 0.3) is 5.91 Å². The summed E-state index contributed by atoms with van der Waals surface area (Å²) in [4.78, 5) is 29.2. The molecule has 5 rings (SSSR count). The molecule has 0 aliphatic rings. The number of amides is 2. The molecule has 0 saturated heterocycles. The lowest BCUT2D eigenvalue weighted by Crippen LogP contribution is -2.30. The van der Waals surface area contributed by atoms with Gasteiger partial charge in [0.15, 0.2) is 15.1 Å². The Hall–Kier alpha value is -4.42. The highest BCUT2D eigenvalue weighted by Crippen LogP contribution is 2.38. The highest BCUT2D eigenvalue weighted by Gasteiger charge is 2.37. The lowest BCUT2D eigenvalue weighted by atomic mass is 10.0. The van der Waals surface area contributed by atoms with Gasteiger partial charge in [-0.3, -0.25) is 4.79 Å². The highest BCUT2D eigenvalue weighted by atomic mass is 35.5. The zero-order chi connectivity index (χ0) is 33.2. The van der Waals surface area contributed by atoms with Crippen molar-refractivity contribution in [2.75, 3.05) is 14.1 Å². The number of fused-ring (bicyclic) bond motifs is 1. The number of nitrogens with zero attached hydrogens (tertiary/aromatic N) is 4. The van der Waals surface area contributed by atoms with E-state index < -0.39 is 38.0 Å². The van der Waals surface area contributed by atoms with E-state index >= 15 is 0 Å². The van der Waals surface area contributed by atoms with Crippen molar-refractivity contribution in [3.05, 3.63) is 99.7 Å². The molecule has 5 aromatic rings. The quantitative estimate of drug-likeness (QED) is 0.202. The fourth-order valence-electron chi connectivity index (χ4n) is 4.38. The zero-order valence-corrected chi connectivity index (χ0v) is 27.3. The Labute approximate surface area is 272 Å². The summed E-state index contributed by atoms with van der Waals surface area (Å²) >= 11 is 7.53. The van der Waals surface area contributed by atoms with E-state index in [1.807, 2.05) is 10.8 Å². The van der Waals surface area contributed by atoms with Crippen molar-refractivity contribution in [3.63, 3.8) is 0 Å². The zero-order valence-electron chi connectivity index (χ0n) is 24.1. The van der Waals surface area contributed by atoms with Gasteiger partial charge in [-0.15, -0.1) is 21.5 Å². The Balaban J connectivity index is 1.51. The molecular weight excluding hydrogens is 680 g/mol. The Morgan fingerprint density at radius 2 is 1.72 bits per heavy atom. The Morgan fingerprint density at radius 1 is 1.02 bits per heavy atom. The first-order valence-electron chi connectivity index (χ1n) is 13.2. The average Bonchev–Trinajstić information content (AvgIpc) is 3.62. The van der Waals surface area contributed by atoms with E-state index in [1.54, 1.807) is 74.8 Å². The Kier molecular flexibility index (Phi) is 9.41. The molecule has 1 unspecified atom stereocenters. The third kappa shape index (κ3) is 7.51. The monoisotopic (exact) mass is 704 g/mol. The summed E-state index contributed by atoms with van der Waals surface area (Å²) in [5.74, 6) is -1.26. The van der Waals surface area contributed by atoms with E-state index in [1.165, 1.54) is 4.90 Å². The van der Waals surface area contributed by atoms with Gasteiger partial charge in [0.2, 0.25) is 11.8 Å². The van der Waals surface area contributed by atoms with Crippen molar-refractivity contribution in [1.82, 2.24) is 24.8 Å². The number of aromatic nitrogens is 3. The minimum Gasteiger partial charge on any atom is -0.422 e. The summed E-state index contributed by atoms with van der Waals surface area (Å²) in [6, 6.07) is 18.9. The second kappa shape index (κ2) is 13.1. The normalized spacial score (nSPS) is 12.6. The van der Waals surface area contributed by atoms with Gasteiger partial charge in [0, 0.05) is 14.1 Å². The molecule has 240 valence electrons. The standard InChI is InChI=1S/C28H25ClN6O8S3/c1-35(2)27(36)19-10-8-17(12-20(19)29)18-9-11-21-22(13-18)44-26(32-21)24(45(38,39)15-16-6-4-3-5-7-16)25-34-33-23(42-25)14-31-46(40,41)43-28(30)37/h3-13,24,31H,14-15H2,1-2H3,(H2,30,37). The van der Waals surface area contributed by atoms with Crippen LogP contribution >= 0.6 is 22.9 Å². The first-order chi connectivity index (χ1) is 21.7. The molecule has 0 spiro atoms. The molecule has 14 nitrogen and oxygen atoms in total. The molecule has 2 aromatic heterocycles. The Bertz CT molecular complexity index is 2150.